The summed E-state index contributed by atoms with van der Waals surface area (Å²) in [5, 5.41) is 0. The Kier molecular flexibility index (Phi) is 5.96. The van der Waals surface area contributed by atoms with Crippen molar-refractivity contribution in [1.29, 1.82) is 0 Å². The minimum absolute atomic E-state index is 0.222. The van der Waals surface area contributed by atoms with Gasteiger partial charge in [-0.2, -0.15) is 16.8 Å². The van der Waals surface area contributed by atoms with Crippen molar-refractivity contribution in [2.45, 2.75) is 44.4 Å². The lowest BCUT2D eigenvalue weighted by Gasteiger charge is -2.31. The Labute approximate surface area is 194 Å². The van der Waals surface area contributed by atoms with Gasteiger partial charge in [-0.1, -0.05) is 0 Å². The fourth-order valence-electron chi connectivity index (χ4n) is 3.72. The molecule has 0 bridgehead atoms. The van der Waals surface area contributed by atoms with Crippen LogP contribution in [-0.4, -0.2) is 54.7 Å². The van der Waals surface area contributed by atoms with Gasteiger partial charge in [-0.15, -0.1) is 0 Å². The van der Waals surface area contributed by atoms with E-state index in [-0.39, 0.29) is 9.79 Å². The molecule has 2 aliphatic heterocycles. The molecule has 32 heavy (non-hydrogen) atoms. The minimum Gasteiger partial charge on any atom is -0.501 e. The second kappa shape index (κ2) is 8.18. The molecule has 2 atom stereocenters. The number of hydrogen-bond donors (Lipinski definition) is 2. The first-order chi connectivity index (χ1) is 15.0. The molecular weight excluding hydrogens is 496 g/mol. The number of hydrogen-bond acceptors (Lipinski definition) is 8. The average Bonchev–Trinajstić information content (AvgIpc) is 3.28. The lowest BCUT2D eigenvalue weighted by molar-refractivity contribution is -0.573. The highest BCUT2D eigenvalue weighted by molar-refractivity contribution is 8.01. The van der Waals surface area contributed by atoms with E-state index in [0.717, 1.165) is 16.1 Å². The molecule has 2 N–H and O–H groups in total. The van der Waals surface area contributed by atoms with E-state index in [1.165, 1.54) is 47.8 Å². The molecule has 0 radical (unpaired) electrons. The molecule has 0 saturated heterocycles. The summed E-state index contributed by atoms with van der Waals surface area (Å²) in [4.78, 5) is 4.55. The summed E-state index contributed by atoms with van der Waals surface area (Å²) in [6.45, 7) is 4.85. The number of anilines is 2. The van der Waals surface area contributed by atoms with Crippen molar-refractivity contribution in [3.8, 4) is 0 Å². The second-order valence-electron chi connectivity index (χ2n) is 7.05. The van der Waals surface area contributed by atoms with E-state index in [4.69, 9.17) is 0 Å². The van der Waals surface area contributed by atoms with Gasteiger partial charge in [-0.25, -0.2) is 0 Å². The van der Waals surface area contributed by atoms with E-state index in [1.54, 1.807) is 12.1 Å². The number of fused-ring (bicyclic) bond motifs is 2. The third-order valence-electron chi connectivity index (χ3n) is 5.21. The Bertz CT molecular complexity index is 1220. The predicted molar refractivity (Wildman–Crippen MR) is 121 cm³/mol. The van der Waals surface area contributed by atoms with E-state index in [1.807, 2.05) is 23.6 Å². The van der Waals surface area contributed by atoms with Gasteiger partial charge < -0.3 is 15.3 Å². The van der Waals surface area contributed by atoms with Gasteiger partial charge in [0.15, 0.2) is 0 Å². The number of nitrogens with zero attached hydrogens (tertiary/aromatic N) is 4. The average molecular weight is 517 g/mol. The van der Waals surface area contributed by atoms with Crippen molar-refractivity contribution in [2.24, 2.45) is 0 Å². The number of benzene rings is 2. The standard InChI is InChI=1S/C18H20N4O6S4/c1-3-20-13-7-5-11(31(23,24)25)9-15(13)29-17(20)22(19)18-21(4-2)14-8-6-12(32(26,27)28)10-16(14)30-18/h5-10,17-18H,3-4H2,1-2H3,(H,23,24,25)(H,26,27,28). The zero-order chi connectivity index (χ0) is 23.4. The van der Waals surface area contributed by atoms with Crippen molar-refractivity contribution < 1.29 is 30.6 Å². The Balaban J connectivity index is 1.66. The topological polar surface area (TPSA) is 141 Å². The Hall–Kier alpha value is -1.84. The van der Waals surface area contributed by atoms with Crippen LogP contribution >= 0.6 is 23.5 Å². The molecule has 0 amide bonds. The normalized spacial score (nSPS) is 20.4. The Morgan fingerprint density at radius 2 is 1.22 bits per heavy atom. The van der Waals surface area contributed by atoms with Crippen LogP contribution < -0.4 is 9.80 Å². The van der Waals surface area contributed by atoms with E-state index in [0.29, 0.717) is 22.9 Å². The van der Waals surface area contributed by atoms with Crippen LogP contribution in [0.1, 0.15) is 13.8 Å². The van der Waals surface area contributed by atoms with Crippen molar-refractivity contribution >= 4 is 55.1 Å². The number of thioether (sulfide) groups is 2. The summed E-state index contributed by atoms with van der Waals surface area (Å²) in [5.74, 6) is 0. The molecule has 2 unspecified atom stereocenters. The lowest BCUT2D eigenvalue weighted by Crippen LogP contribution is -2.46. The third kappa shape index (κ3) is 3.99. The predicted octanol–water partition coefficient (Wildman–Crippen LogP) is 3.35. The van der Waals surface area contributed by atoms with Crippen molar-refractivity contribution in [2.75, 3.05) is 22.9 Å². The van der Waals surface area contributed by atoms with Gasteiger partial charge in [0.2, 0.25) is 0 Å². The van der Waals surface area contributed by atoms with E-state index < -0.39 is 31.2 Å². The van der Waals surface area contributed by atoms with Crippen LogP contribution in [0.3, 0.4) is 0 Å². The van der Waals surface area contributed by atoms with Gasteiger partial charge in [-0.3, -0.25) is 13.8 Å². The molecule has 10 nitrogen and oxygen atoms in total. The maximum Gasteiger partial charge on any atom is 0.294 e. The summed E-state index contributed by atoms with van der Waals surface area (Å²) in [7, 11) is -8.71. The summed E-state index contributed by atoms with van der Waals surface area (Å²) in [5.41, 5.74) is 11.5. The van der Waals surface area contributed by atoms with Crippen LogP contribution in [-0.2, 0) is 20.2 Å². The van der Waals surface area contributed by atoms with E-state index in [2.05, 4.69) is 0 Å². The molecule has 0 saturated carbocycles. The first-order valence-electron chi connectivity index (χ1n) is 9.52. The molecule has 2 aliphatic rings. The second-order valence-corrected chi connectivity index (χ2v) is 12.1. The lowest BCUT2D eigenvalue weighted by atomic mass is 10.3. The van der Waals surface area contributed by atoms with Gasteiger partial charge >= 0.3 is 0 Å². The molecule has 2 aromatic rings. The van der Waals surface area contributed by atoms with Gasteiger partial charge in [0, 0.05) is 22.9 Å². The fraction of sp³-hybridized carbons (Fsp3) is 0.333. The summed E-state index contributed by atoms with van der Waals surface area (Å²) < 4.78 is 65.9. The van der Waals surface area contributed by atoms with Gasteiger partial charge in [-0.05, 0) is 73.8 Å². The highest BCUT2D eigenvalue weighted by Crippen LogP contribution is 2.49. The first kappa shape index (κ1) is 23.3. The molecule has 172 valence electrons. The molecule has 2 aromatic carbocycles. The van der Waals surface area contributed by atoms with Crippen molar-refractivity contribution in [3.63, 3.8) is 0 Å². The minimum atomic E-state index is -4.36. The SMILES string of the molecule is CCN1c2ccc(S(=O)(=O)O)cc2SC1[N+](=[N-])C1Sc2cc(S(=O)(=O)O)ccc2N1CC. The smallest absolute Gasteiger partial charge is 0.294 e. The Morgan fingerprint density at radius 3 is 1.53 bits per heavy atom. The van der Waals surface area contributed by atoms with Crippen LogP contribution in [0.25, 0.3) is 5.53 Å². The van der Waals surface area contributed by atoms with Crippen LogP contribution in [0.15, 0.2) is 56.0 Å². The highest BCUT2D eigenvalue weighted by Gasteiger charge is 2.43. The van der Waals surface area contributed by atoms with Gasteiger partial charge in [0.1, 0.15) is 0 Å². The monoisotopic (exact) mass is 516 g/mol. The van der Waals surface area contributed by atoms with Crippen LogP contribution in [0.2, 0.25) is 0 Å². The van der Waals surface area contributed by atoms with E-state index in [9.17, 15) is 31.5 Å². The quantitative estimate of drug-likeness (QED) is 0.334. The van der Waals surface area contributed by atoms with Gasteiger partial charge in [0.25, 0.3) is 31.2 Å². The summed E-state index contributed by atoms with van der Waals surface area (Å²) in [6.07, 6.45) is 0. The van der Waals surface area contributed by atoms with Crippen LogP contribution in [0.4, 0.5) is 11.4 Å². The molecule has 0 fully saturated rings. The largest absolute Gasteiger partial charge is 0.501 e. The maximum atomic E-state index is 11.5. The molecule has 14 heteroatoms. The third-order valence-corrected chi connectivity index (χ3v) is 9.43. The Morgan fingerprint density at radius 1 is 0.844 bits per heavy atom. The molecule has 4 rings (SSSR count). The fourth-order valence-corrected chi connectivity index (χ4v) is 7.64. The maximum absolute atomic E-state index is 11.5. The van der Waals surface area contributed by atoms with Crippen LogP contribution in [0, 0.1) is 0 Å². The summed E-state index contributed by atoms with van der Waals surface area (Å²) >= 11 is 2.49. The molecule has 0 aromatic heterocycles. The van der Waals surface area contributed by atoms with Crippen LogP contribution in [0.5, 0.6) is 0 Å². The van der Waals surface area contributed by atoms with Crippen molar-refractivity contribution in [1.82, 2.24) is 0 Å². The highest BCUT2D eigenvalue weighted by atomic mass is 32.2. The molecule has 0 aliphatic carbocycles. The molecule has 0 spiro atoms. The molecular formula is C18H20N4O6S4. The first-order valence-corrected chi connectivity index (χ1v) is 14.2. The van der Waals surface area contributed by atoms with Crippen molar-refractivity contribution in [3.05, 3.63) is 41.9 Å². The zero-order valence-electron chi connectivity index (χ0n) is 17.0. The zero-order valence-corrected chi connectivity index (χ0v) is 20.2. The molecule has 2 heterocycles. The number of rotatable bonds is 6. The summed E-state index contributed by atoms with van der Waals surface area (Å²) in [6, 6.07) is 8.56. The van der Waals surface area contributed by atoms with Gasteiger partial charge in [0.05, 0.1) is 21.2 Å². The van der Waals surface area contributed by atoms with E-state index >= 15 is 0 Å².